The molecule has 102 valence electrons. The van der Waals surface area contributed by atoms with Crippen molar-refractivity contribution in [3.05, 3.63) is 22.4 Å². The Morgan fingerprint density at radius 1 is 1.28 bits per heavy atom. The predicted octanol–water partition coefficient (Wildman–Crippen LogP) is 4.86. The molecule has 1 saturated carbocycles. The average Bonchev–Trinajstić information content (AvgIpc) is 2.82. The van der Waals surface area contributed by atoms with Crippen LogP contribution in [0.2, 0.25) is 0 Å². The van der Waals surface area contributed by atoms with E-state index in [1.54, 1.807) is 0 Å². The van der Waals surface area contributed by atoms with Gasteiger partial charge in [0.1, 0.15) is 0 Å². The number of rotatable bonds is 5. The van der Waals surface area contributed by atoms with E-state index in [9.17, 15) is 0 Å². The SMILES string of the molecule is CCCNC(c1ccsc1)C1CC(C)CC(C)C1. The lowest BCUT2D eigenvalue weighted by atomic mass is 9.72. The number of hydrogen-bond donors (Lipinski definition) is 1. The van der Waals surface area contributed by atoms with Gasteiger partial charge in [-0.05, 0) is 72.4 Å². The highest BCUT2D eigenvalue weighted by Crippen LogP contribution is 2.40. The zero-order chi connectivity index (χ0) is 13.0. The van der Waals surface area contributed by atoms with Crippen LogP contribution in [0.5, 0.6) is 0 Å². The van der Waals surface area contributed by atoms with Crippen molar-refractivity contribution in [2.45, 2.75) is 52.5 Å². The lowest BCUT2D eigenvalue weighted by molar-refractivity contribution is 0.177. The standard InChI is InChI=1S/C16H27NS/c1-4-6-17-16(14-5-7-18-11-14)15-9-12(2)8-13(3)10-15/h5,7,11-13,15-17H,4,6,8-10H2,1-3H3. The molecule has 1 aromatic heterocycles. The minimum absolute atomic E-state index is 0.585. The third-order valence-corrected chi connectivity index (χ3v) is 4.90. The first-order valence-electron chi connectivity index (χ1n) is 7.46. The molecule has 0 saturated heterocycles. The van der Waals surface area contributed by atoms with E-state index in [0.29, 0.717) is 6.04 Å². The molecule has 0 bridgehead atoms. The average molecular weight is 265 g/mol. The third-order valence-electron chi connectivity index (χ3n) is 4.20. The topological polar surface area (TPSA) is 12.0 Å². The normalized spacial score (nSPS) is 30.3. The summed E-state index contributed by atoms with van der Waals surface area (Å²) in [4.78, 5) is 0. The van der Waals surface area contributed by atoms with E-state index in [1.165, 1.54) is 31.2 Å². The van der Waals surface area contributed by atoms with Crippen LogP contribution in [0.4, 0.5) is 0 Å². The molecule has 3 atom stereocenters. The fourth-order valence-electron chi connectivity index (χ4n) is 3.59. The lowest BCUT2D eigenvalue weighted by Gasteiger charge is -2.37. The van der Waals surface area contributed by atoms with Gasteiger partial charge >= 0.3 is 0 Å². The van der Waals surface area contributed by atoms with Crippen molar-refractivity contribution in [3.8, 4) is 0 Å². The van der Waals surface area contributed by atoms with Crippen molar-refractivity contribution in [1.29, 1.82) is 0 Å². The van der Waals surface area contributed by atoms with Gasteiger partial charge in [-0.15, -0.1) is 0 Å². The Kier molecular flexibility index (Phi) is 5.25. The molecule has 0 aromatic carbocycles. The van der Waals surface area contributed by atoms with Crippen LogP contribution < -0.4 is 5.32 Å². The molecule has 2 heteroatoms. The van der Waals surface area contributed by atoms with Crippen LogP contribution in [0.25, 0.3) is 0 Å². The molecule has 1 nitrogen and oxygen atoms in total. The fraction of sp³-hybridized carbons (Fsp3) is 0.750. The van der Waals surface area contributed by atoms with Crippen molar-refractivity contribution in [2.75, 3.05) is 6.54 Å². The summed E-state index contributed by atoms with van der Waals surface area (Å²) in [5.41, 5.74) is 1.51. The first-order valence-corrected chi connectivity index (χ1v) is 8.40. The molecule has 0 radical (unpaired) electrons. The van der Waals surface area contributed by atoms with Gasteiger partial charge in [0.2, 0.25) is 0 Å². The van der Waals surface area contributed by atoms with Crippen molar-refractivity contribution in [3.63, 3.8) is 0 Å². The van der Waals surface area contributed by atoms with Gasteiger partial charge in [-0.1, -0.05) is 20.8 Å². The zero-order valence-electron chi connectivity index (χ0n) is 12.0. The molecule has 0 spiro atoms. The minimum Gasteiger partial charge on any atom is -0.310 e. The molecule has 1 fully saturated rings. The molecule has 0 amide bonds. The molecule has 1 aliphatic carbocycles. The molecule has 18 heavy (non-hydrogen) atoms. The maximum absolute atomic E-state index is 3.79. The Labute approximate surface area is 116 Å². The quantitative estimate of drug-likeness (QED) is 0.801. The summed E-state index contributed by atoms with van der Waals surface area (Å²) in [6.07, 6.45) is 5.42. The maximum Gasteiger partial charge on any atom is 0.0357 e. The van der Waals surface area contributed by atoms with Crippen molar-refractivity contribution in [1.82, 2.24) is 5.32 Å². The van der Waals surface area contributed by atoms with Gasteiger partial charge in [-0.2, -0.15) is 11.3 Å². The second kappa shape index (κ2) is 6.72. The van der Waals surface area contributed by atoms with Crippen LogP contribution in [0.1, 0.15) is 58.1 Å². The Morgan fingerprint density at radius 2 is 2.00 bits per heavy atom. The monoisotopic (exact) mass is 265 g/mol. The van der Waals surface area contributed by atoms with Crippen molar-refractivity contribution < 1.29 is 0 Å². The van der Waals surface area contributed by atoms with Gasteiger partial charge in [-0.3, -0.25) is 0 Å². The van der Waals surface area contributed by atoms with Crippen molar-refractivity contribution >= 4 is 11.3 Å². The van der Waals surface area contributed by atoms with Crippen LogP contribution in [-0.2, 0) is 0 Å². The second-order valence-corrected chi connectivity index (χ2v) is 6.95. The maximum atomic E-state index is 3.79. The third kappa shape index (κ3) is 3.58. The van der Waals surface area contributed by atoms with E-state index in [2.05, 4.69) is 42.9 Å². The molecule has 1 aliphatic rings. The zero-order valence-corrected chi connectivity index (χ0v) is 12.8. The van der Waals surface area contributed by atoms with Gasteiger partial charge in [-0.25, -0.2) is 0 Å². The lowest BCUT2D eigenvalue weighted by Crippen LogP contribution is -2.33. The Morgan fingerprint density at radius 3 is 2.56 bits per heavy atom. The summed E-state index contributed by atoms with van der Waals surface area (Å²) in [6, 6.07) is 2.89. The highest BCUT2D eigenvalue weighted by atomic mass is 32.1. The molecule has 0 aliphatic heterocycles. The van der Waals surface area contributed by atoms with E-state index in [-0.39, 0.29) is 0 Å². The fourth-order valence-corrected chi connectivity index (χ4v) is 4.29. The van der Waals surface area contributed by atoms with Gasteiger partial charge in [0.25, 0.3) is 0 Å². The van der Waals surface area contributed by atoms with Crippen molar-refractivity contribution in [2.24, 2.45) is 17.8 Å². The molecule has 2 rings (SSSR count). The minimum atomic E-state index is 0.585. The highest BCUT2D eigenvalue weighted by molar-refractivity contribution is 7.07. The van der Waals surface area contributed by atoms with E-state index < -0.39 is 0 Å². The van der Waals surface area contributed by atoms with Gasteiger partial charge in [0.15, 0.2) is 0 Å². The highest BCUT2D eigenvalue weighted by Gasteiger charge is 2.30. The van der Waals surface area contributed by atoms with E-state index in [1.807, 2.05) is 11.3 Å². The molecular formula is C16H27NS. The van der Waals surface area contributed by atoms with Crippen LogP contribution in [0.3, 0.4) is 0 Å². The van der Waals surface area contributed by atoms with Gasteiger partial charge < -0.3 is 5.32 Å². The largest absolute Gasteiger partial charge is 0.310 e. The Bertz CT molecular complexity index is 323. The van der Waals surface area contributed by atoms with Gasteiger partial charge in [0.05, 0.1) is 0 Å². The van der Waals surface area contributed by atoms with Crippen LogP contribution >= 0.6 is 11.3 Å². The van der Waals surface area contributed by atoms with Crippen LogP contribution in [0, 0.1) is 17.8 Å². The molecule has 3 unspecified atom stereocenters. The first-order chi connectivity index (χ1) is 8.70. The molecular weight excluding hydrogens is 238 g/mol. The smallest absolute Gasteiger partial charge is 0.0357 e. The number of thiophene rings is 1. The summed E-state index contributed by atoms with van der Waals surface area (Å²) < 4.78 is 0. The second-order valence-electron chi connectivity index (χ2n) is 6.17. The number of hydrogen-bond acceptors (Lipinski definition) is 2. The summed E-state index contributed by atoms with van der Waals surface area (Å²) in [5, 5.41) is 8.33. The van der Waals surface area contributed by atoms with E-state index in [4.69, 9.17) is 0 Å². The van der Waals surface area contributed by atoms with E-state index >= 15 is 0 Å². The van der Waals surface area contributed by atoms with Crippen LogP contribution in [0.15, 0.2) is 16.8 Å². The van der Waals surface area contributed by atoms with Crippen LogP contribution in [-0.4, -0.2) is 6.54 Å². The summed E-state index contributed by atoms with van der Waals surface area (Å²) in [7, 11) is 0. The molecule has 1 aromatic rings. The van der Waals surface area contributed by atoms with E-state index in [0.717, 1.165) is 24.3 Å². The molecule has 1 heterocycles. The Hall–Kier alpha value is -0.340. The van der Waals surface area contributed by atoms with Gasteiger partial charge in [0, 0.05) is 6.04 Å². The number of nitrogens with one attached hydrogen (secondary N) is 1. The summed E-state index contributed by atoms with van der Waals surface area (Å²) in [6.45, 7) is 8.24. The molecule has 1 N–H and O–H groups in total. The summed E-state index contributed by atoms with van der Waals surface area (Å²) in [5.74, 6) is 2.61. The Balaban J connectivity index is 2.07. The summed E-state index contributed by atoms with van der Waals surface area (Å²) >= 11 is 1.83. The predicted molar refractivity (Wildman–Crippen MR) is 81.0 cm³/mol. The first kappa shape index (κ1) is 14.1.